The van der Waals surface area contributed by atoms with Gasteiger partial charge in [0.05, 0.1) is 12.1 Å². The number of rotatable bonds is 2. The Hall–Kier alpha value is -1.43. The van der Waals surface area contributed by atoms with Crippen molar-refractivity contribution in [2.75, 3.05) is 26.2 Å². The molecule has 0 aliphatic carbocycles. The Morgan fingerprint density at radius 2 is 1.86 bits per heavy atom. The molecule has 4 nitrogen and oxygen atoms in total. The van der Waals surface area contributed by atoms with Crippen molar-refractivity contribution >= 4 is 23.2 Å². The second-order valence-corrected chi connectivity index (χ2v) is 6.59. The van der Waals surface area contributed by atoms with Crippen molar-refractivity contribution in [3.8, 4) is 0 Å². The van der Waals surface area contributed by atoms with Crippen molar-refractivity contribution in [3.63, 3.8) is 0 Å². The Labute approximate surface area is 127 Å². The van der Waals surface area contributed by atoms with Crippen LogP contribution < -0.4 is 0 Å². The van der Waals surface area contributed by atoms with Crippen molar-refractivity contribution in [2.24, 2.45) is 0 Å². The molecule has 1 aromatic heterocycles. The van der Waals surface area contributed by atoms with E-state index in [9.17, 15) is 9.59 Å². The summed E-state index contributed by atoms with van der Waals surface area (Å²) in [6.07, 6.45) is 2.64. The van der Waals surface area contributed by atoms with E-state index in [-0.39, 0.29) is 18.9 Å². The maximum atomic E-state index is 15.1. The molecule has 0 aromatic carbocycles. The Morgan fingerprint density at radius 1 is 1.14 bits per heavy atom. The lowest BCUT2D eigenvalue weighted by Gasteiger charge is -2.38. The number of carbonyl (C=O) groups excluding carboxylic acids is 2. The van der Waals surface area contributed by atoms with Crippen molar-refractivity contribution in [2.45, 2.75) is 31.4 Å². The lowest BCUT2D eigenvalue weighted by Crippen LogP contribution is -2.56. The first kappa shape index (κ1) is 14.5. The molecule has 1 aromatic rings. The molecule has 21 heavy (non-hydrogen) atoms. The quantitative estimate of drug-likeness (QED) is 0.841. The molecule has 0 spiro atoms. The zero-order chi connectivity index (χ0) is 14.9. The summed E-state index contributed by atoms with van der Waals surface area (Å²) in [5, 5.41) is 3.59. The summed E-state index contributed by atoms with van der Waals surface area (Å²) >= 11 is 1.44. The van der Waals surface area contributed by atoms with E-state index >= 15 is 4.39 Å². The standard InChI is InChI=1S/C15H19FN2O2S/c16-15(14(20)17-6-1-2-7-17)5-3-8-18(11-15)13(19)12-4-9-21-10-12/h4,9-10H,1-3,5-8,11H2. The van der Waals surface area contributed by atoms with Gasteiger partial charge < -0.3 is 9.80 Å². The van der Waals surface area contributed by atoms with Crippen LogP contribution in [0.15, 0.2) is 16.8 Å². The third-order valence-electron chi connectivity index (χ3n) is 4.27. The summed E-state index contributed by atoms with van der Waals surface area (Å²) in [5.74, 6) is -0.602. The summed E-state index contributed by atoms with van der Waals surface area (Å²) in [4.78, 5) is 27.8. The molecule has 3 heterocycles. The smallest absolute Gasteiger partial charge is 0.262 e. The molecule has 0 N–H and O–H groups in total. The Bertz CT molecular complexity index is 528. The molecule has 0 bridgehead atoms. The number of amides is 2. The van der Waals surface area contributed by atoms with Gasteiger partial charge in [-0.25, -0.2) is 4.39 Å². The fourth-order valence-electron chi connectivity index (χ4n) is 3.13. The maximum absolute atomic E-state index is 15.1. The van der Waals surface area contributed by atoms with Gasteiger partial charge in [0.1, 0.15) is 0 Å². The van der Waals surface area contributed by atoms with Crippen LogP contribution in [0.5, 0.6) is 0 Å². The first-order valence-electron chi connectivity index (χ1n) is 7.40. The number of likely N-dealkylation sites (tertiary alicyclic amines) is 2. The van der Waals surface area contributed by atoms with E-state index in [1.54, 1.807) is 16.3 Å². The van der Waals surface area contributed by atoms with Gasteiger partial charge in [0.25, 0.3) is 11.8 Å². The Morgan fingerprint density at radius 3 is 2.52 bits per heavy atom. The largest absolute Gasteiger partial charge is 0.340 e. The zero-order valence-electron chi connectivity index (χ0n) is 11.9. The van der Waals surface area contributed by atoms with Crippen LogP contribution in [0, 0.1) is 0 Å². The number of nitrogens with zero attached hydrogens (tertiary/aromatic N) is 2. The molecule has 2 saturated heterocycles. The van der Waals surface area contributed by atoms with E-state index in [0.29, 0.717) is 31.6 Å². The normalized spacial score (nSPS) is 26.1. The van der Waals surface area contributed by atoms with E-state index in [2.05, 4.69) is 0 Å². The molecule has 0 saturated carbocycles. The topological polar surface area (TPSA) is 40.6 Å². The van der Waals surface area contributed by atoms with Crippen LogP contribution in [0.4, 0.5) is 4.39 Å². The summed E-state index contributed by atoms with van der Waals surface area (Å²) in [7, 11) is 0. The van der Waals surface area contributed by atoms with Gasteiger partial charge >= 0.3 is 0 Å². The van der Waals surface area contributed by atoms with Crippen LogP contribution in [0.3, 0.4) is 0 Å². The minimum atomic E-state index is -1.91. The number of piperidine rings is 1. The van der Waals surface area contributed by atoms with Gasteiger partial charge in [-0.05, 0) is 37.1 Å². The van der Waals surface area contributed by atoms with Gasteiger partial charge in [-0.15, -0.1) is 0 Å². The van der Waals surface area contributed by atoms with Crippen molar-refractivity contribution in [3.05, 3.63) is 22.4 Å². The molecule has 114 valence electrons. The average molecular weight is 310 g/mol. The molecule has 6 heteroatoms. The van der Waals surface area contributed by atoms with E-state index in [4.69, 9.17) is 0 Å². The summed E-state index contributed by atoms with van der Waals surface area (Å²) < 4.78 is 15.1. The Balaban J connectivity index is 1.72. The number of thiophene rings is 1. The number of alkyl halides is 1. The molecule has 1 unspecified atom stereocenters. The number of hydrogen-bond acceptors (Lipinski definition) is 3. The predicted octanol–water partition coefficient (Wildman–Crippen LogP) is 2.31. The highest BCUT2D eigenvalue weighted by molar-refractivity contribution is 7.08. The lowest BCUT2D eigenvalue weighted by atomic mass is 9.92. The second-order valence-electron chi connectivity index (χ2n) is 5.81. The lowest BCUT2D eigenvalue weighted by molar-refractivity contribution is -0.146. The fraction of sp³-hybridized carbons (Fsp3) is 0.600. The summed E-state index contributed by atoms with van der Waals surface area (Å²) in [6.45, 7) is 1.69. The second kappa shape index (κ2) is 5.75. The van der Waals surface area contributed by atoms with Crippen LogP contribution in [0.1, 0.15) is 36.0 Å². The third-order valence-corrected chi connectivity index (χ3v) is 4.96. The molecular formula is C15H19FN2O2S. The van der Waals surface area contributed by atoms with Crippen molar-refractivity contribution < 1.29 is 14.0 Å². The minimum Gasteiger partial charge on any atom is -0.340 e. The van der Waals surface area contributed by atoms with Crippen molar-refractivity contribution in [1.29, 1.82) is 0 Å². The minimum absolute atomic E-state index is 0.114. The average Bonchev–Trinajstić information content (AvgIpc) is 3.18. The fourth-order valence-corrected chi connectivity index (χ4v) is 3.76. The third kappa shape index (κ3) is 2.81. The van der Waals surface area contributed by atoms with Gasteiger partial charge in [0.2, 0.25) is 5.67 Å². The highest BCUT2D eigenvalue weighted by Crippen LogP contribution is 2.30. The first-order chi connectivity index (χ1) is 10.1. The summed E-state index contributed by atoms with van der Waals surface area (Å²) in [6, 6.07) is 1.74. The number of halogens is 1. The zero-order valence-corrected chi connectivity index (χ0v) is 12.7. The van der Waals surface area contributed by atoms with Crippen LogP contribution in [0.25, 0.3) is 0 Å². The molecule has 2 amide bonds. The van der Waals surface area contributed by atoms with E-state index in [1.165, 1.54) is 16.2 Å². The summed E-state index contributed by atoms with van der Waals surface area (Å²) in [5.41, 5.74) is -1.33. The van der Waals surface area contributed by atoms with E-state index < -0.39 is 11.6 Å². The predicted molar refractivity (Wildman–Crippen MR) is 79.1 cm³/mol. The van der Waals surface area contributed by atoms with Gasteiger partial charge in [0.15, 0.2) is 0 Å². The molecule has 1 atom stereocenters. The number of carbonyl (C=O) groups is 2. The molecule has 2 aliphatic heterocycles. The van der Waals surface area contributed by atoms with Gasteiger partial charge in [-0.3, -0.25) is 9.59 Å². The number of hydrogen-bond donors (Lipinski definition) is 0. The molecule has 2 fully saturated rings. The molecule has 2 aliphatic rings. The van der Waals surface area contributed by atoms with Gasteiger partial charge in [-0.2, -0.15) is 11.3 Å². The van der Waals surface area contributed by atoms with Crippen LogP contribution >= 0.6 is 11.3 Å². The SMILES string of the molecule is O=C(c1ccsc1)N1CCCC(F)(C(=O)N2CCCC2)C1. The van der Waals surface area contributed by atoms with Crippen molar-refractivity contribution in [1.82, 2.24) is 9.80 Å². The molecule has 3 rings (SSSR count). The molecular weight excluding hydrogens is 291 g/mol. The molecule has 0 radical (unpaired) electrons. The monoisotopic (exact) mass is 310 g/mol. The van der Waals surface area contributed by atoms with Gasteiger partial charge in [-0.1, -0.05) is 0 Å². The van der Waals surface area contributed by atoms with E-state index in [1.807, 2.05) is 5.38 Å². The van der Waals surface area contributed by atoms with E-state index in [0.717, 1.165) is 12.8 Å². The van der Waals surface area contributed by atoms with Crippen LogP contribution in [-0.2, 0) is 4.79 Å². The Kier molecular flexibility index (Phi) is 3.97. The highest BCUT2D eigenvalue weighted by atomic mass is 32.1. The van der Waals surface area contributed by atoms with Crippen LogP contribution in [-0.4, -0.2) is 53.5 Å². The highest BCUT2D eigenvalue weighted by Gasteiger charge is 2.46. The van der Waals surface area contributed by atoms with Crippen LogP contribution in [0.2, 0.25) is 0 Å². The maximum Gasteiger partial charge on any atom is 0.262 e. The van der Waals surface area contributed by atoms with Gasteiger partial charge in [0, 0.05) is 25.0 Å². The first-order valence-corrected chi connectivity index (χ1v) is 8.34.